The second kappa shape index (κ2) is 7.84. The Hall–Kier alpha value is -1.52. The number of guanidine groups is 1. The summed E-state index contributed by atoms with van der Waals surface area (Å²) in [5, 5.41) is 10.9. The van der Waals surface area contributed by atoms with Crippen LogP contribution in [0.2, 0.25) is 0 Å². The molecule has 1 aromatic heterocycles. The van der Waals surface area contributed by atoms with Crippen LogP contribution in [0.1, 0.15) is 70.8 Å². The highest BCUT2D eigenvalue weighted by molar-refractivity contribution is 5.79. The van der Waals surface area contributed by atoms with Crippen LogP contribution in [0, 0.1) is 11.3 Å². The molecule has 130 valence electrons. The van der Waals surface area contributed by atoms with Crippen molar-refractivity contribution in [2.45, 2.75) is 65.8 Å². The van der Waals surface area contributed by atoms with Crippen LogP contribution in [-0.4, -0.2) is 24.7 Å². The van der Waals surface area contributed by atoms with E-state index < -0.39 is 0 Å². The van der Waals surface area contributed by atoms with Gasteiger partial charge in [-0.25, -0.2) is 0 Å². The average molecular weight is 320 g/mol. The molecular weight excluding hydrogens is 288 g/mol. The molecule has 5 heteroatoms. The molecule has 1 fully saturated rings. The van der Waals surface area contributed by atoms with Crippen molar-refractivity contribution in [3.8, 4) is 0 Å². The lowest BCUT2D eigenvalue weighted by Crippen LogP contribution is -2.46. The molecule has 5 nitrogen and oxygen atoms in total. The van der Waals surface area contributed by atoms with Crippen molar-refractivity contribution in [2.75, 3.05) is 13.6 Å². The molecule has 0 unspecified atom stereocenters. The summed E-state index contributed by atoms with van der Waals surface area (Å²) in [6.45, 7) is 10.5. The van der Waals surface area contributed by atoms with Gasteiger partial charge in [-0.05, 0) is 36.5 Å². The van der Waals surface area contributed by atoms with E-state index in [1.54, 1.807) is 0 Å². The maximum Gasteiger partial charge on any atom is 0.191 e. The zero-order chi connectivity index (χ0) is 16.9. The molecule has 2 N–H and O–H groups in total. The van der Waals surface area contributed by atoms with Gasteiger partial charge in [0.2, 0.25) is 0 Å². The number of hydrogen-bond acceptors (Lipinski definition) is 3. The number of nitrogens with one attached hydrogen (secondary N) is 2. The molecule has 0 aromatic carbocycles. The van der Waals surface area contributed by atoms with Crippen LogP contribution in [0.5, 0.6) is 0 Å². The maximum absolute atomic E-state index is 5.36. The fraction of sp³-hybridized carbons (Fsp3) is 0.778. The van der Waals surface area contributed by atoms with E-state index in [2.05, 4.69) is 48.5 Å². The number of hydrogen-bond donors (Lipinski definition) is 2. The molecule has 0 bridgehead atoms. The van der Waals surface area contributed by atoms with Crippen molar-refractivity contribution in [1.29, 1.82) is 0 Å². The SMILES string of the molecule is CN=C(NCc1cc(C(C)C)no1)NCC1(CC(C)C)CCC1. The zero-order valence-corrected chi connectivity index (χ0v) is 15.3. The third-order valence-electron chi connectivity index (χ3n) is 4.71. The van der Waals surface area contributed by atoms with Crippen LogP contribution in [0.15, 0.2) is 15.6 Å². The summed E-state index contributed by atoms with van der Waals surface area (Å²) in [6.07, 6.45) is 5.30. The van der Waals surface area contributed by atoms with Crippen molar-refractivity contribution in [3.05, 3.63) is 17.5 Å². The standard InChI is InChI=1S/C18H32N4O/c1-13(2)10-18(7-6-8-18)12-21-17(19-5)20-11-15-9-16(14(3)4)22-23-15/h9,13-14H,6-8,10-12H2,1-5H3,(H2,19,20,21). The Balaban J connectivity index is 1.81. The molecule has 1 aliphatic rings. The summed E-state index contributed by atoms with van der Waals surface area (Å²) in [4.78, 5) is 4.32. The highest BCUT2D eigenvalue weighted by Gasteiger charge is 2.37. The van der Waals surface area contributed by atoms with Crippen LogP contribution in [0.3, 0.4) is 0 Å². The van der Waals surface area contributed by atoms with Gasteiger partial charge in [-0.15, -0.1) is 0 Å². The Morgan fingerprint density at radius 3 is 2.52 bits per heavy atom. The summed E-state index contributed by atoms with van der Waals surface area (Å²) in [7, 11) is 1.81. The van der Waals surface area contributed by atoms with E-state index in [4.69, 9.17) is 4.52 Å². The molecule has 2 rings (SSSR count). The van der Waals surface area contributed by atoms with E-state index in [9.17, 15) is 0 Å². The van der Waals surface area contributed by atoms with Gasteiger partial charge in [0.05, 0.1) is 12.2 Å². The molecule has 0 amide bonds. The quantitative estimate of drug-likeness (QED) is 0.594. The van der Waals surface area contributed by atoms with Crippen molar-refractivity contribution < 1.29 is 4.52 Å². The van der Waals surface area contributed by atoms with Gasteiger partial charge in [-0.2, -0.15) is 0 Å². The summed E-state index contributed by atoms with van der Waals surface area (Å²) < 4.78 is 5.36. The lowest BCUT2D eigenvalue weighted by molar-refractivity contribution is 0.104. The van der Waals surface area contributed by atoms with Gasteiger partial charge in [-0.1, -0.05) is 39.3 Å². The minimum atomic E-state index is 0.388. The monoisotopic (exact) mass is 320 g/mol. The average Bonchev–Trinajstić information content (AvgIpc) is 2.93. The Kier molecular flexibility index (Phi) is 6.08. The van der Waals surface area contributed by atoms with Crippen LogP contribution in [-0.2, 0) is 6.54 Å². The first-order valence-electron chi connectivity index (χ1n) is 8.84. The van der Waals surface area contributed by atoms with Crippen LogP contribution >= 0.6 is 0 Å². The number of nitrogens with zero attached hydrogens (tertiary/aromatic N) is 2. The molecule has 1 aliphatic carbocycles. The first kappa shape index (κ1) is 17.8. The molecule has 0 radical (unpaired) electrons. The van der Waals surface area contributed by atoms with Gasteiger partial charge in [-0.3, -0.25) is 4.99 Å². The van der Waals surface area contributed by atoms with Crippen LogP contribution in [0.25, 0.3) is 0 Å². The first-order chi connectivity index (χ1) is 10.9. The smallest absolute Gasteiger partial charge is 0.191 e. The van der Waals surface area contributed by atoms with E-state index in [0.29, 0.717) is 17.9 Å². The summed E-state index contributed by atoms with van der Waals surface area (Å²) in [6, 6.07) is 2.01. The Labute approximate surface area is 140 Å². The van der Waals surface area contributed by atoms with E-state index in [-0.39, 0.29) is 0 Å². The fourth-order valence-corrected chi connectivity index (χ4v) is 3.34. The molecular formula is C18H32N4O. The van der Waals surface area contributed by atoms with Crippen molar-refractivity contribution in [3.63, 3.8) is 0 Å². The van der Waals surface area contributed by atoms with Crippen molar-refractivity contribution >= 4 is 5.96 Å². The van der Waals surface area contributed by atoms with E-state index in [1.807, 2.05) is 13.1 Å². The summed E-state index contributed by atoms with van der Waals surface area (Å²) >= 11 is 0. The summed E-state index contributed by atoms with van der Waals surface area (Å²) in [5.41, 5.74) is 1.46. The second-order valence-electron chi connectivity index (χ2n) is 7.60. The van der Waals surface area contributed by atoms with E-state index >= 15 is 0 Å². The zero-order valence-electron chi connectivity index (χ0n) is 15.3. The number of aliphatic imine (C=N–C) groups is 1. The second-order valence-corrected chi connectivity index (χ2v) is 7.60. The molecule has 1 saturated carbocycles. The normalized spacial score (nSPS) is 17.4. The minimum absolute atomic E-state index is 0.388. The minimum Gasteiger partial charge on any atom is -0.359 e. The molecule has 1 heterocycles. The number of aromatic nitrogens is 1. The molecule has 0 aliphatic heterocycles. The fourth-order valence-electron chi connectivity index (χ4n) is 3.34. The van der Waals surface area contributed by atoms with Gasteiger partial charge in [0, 0.05) is 19.7 Å². The lowest BCUT2D eigenvalue weighted by atomic mass is 9.64. The van der Waals surface area contributed by atoms with Gasteiger partial charge < -0.3 is 15.2 Å². The van der Waals surface area contributed by atoms with E-state index in [0.717, 1.165) is 29.9 Å². The predicted octanol–water partition coefficient (Wildman–Crippen LogP) is 3.68. The third-order valence-corrected chi connectivity index (χ3v) is 4.71. The van der Waals surface area contributed by atoms with Crippen molar-refractivity contribution in [1.82, 2.24) is 15.8 Å². The maximum atomic E-state index is 5.36. The largest absolute Gasteiger partial charge is 0.359 e. The molecule has 23 heavy (non-hydrogen) atoms. The Bertz CT molecular complexity index is 515. The van der Waals surface area contributed by atoms with Crippen molar-refractivity contribution in [2.24, 2.45) is 16.3 Å². The molecule has 1 aromatic rings. The molecule has 0 atom stereocenters. The van der Waals surface area contributed by atoms with Gasteiger partial charge in [0.25, 0.3) is 0 Å². The molecule has 0 saturated heterocycles. The Morgan fingerprint density at radius 1 is 1.30 bits per heavy atom. The van der Waals surface area contributed by atoms with Crippen LogP contribution in [0.4, 0.5) is 0 Å². The number of rotatable bonds is 7. The highest BCUT2D eigenvalue weighted by Crippen LogP contribution is 2.45. The van der Waals surface area contributed by atoms with Gasteiger partial charge in [0.15, 0.2) is 11.7 Å². The first-order valence-corrected chi connectivity index (χ1v) is 8.84. The highest BCUT2D eigenvalue weighted by atomic mass is 16.5. The lowest BCUT2D eigenvalue weighted by Gasteiger charge is -2.43. The Morgan fingerprint density at radius 2 is 2.04 bits per heavy atom. The van der Waals surface area contributed by atoms with E-state index in [1.165, 1.54) is 25.7 Å². The van der Waals surface area contributed by atoms with Gasteiger partial charge >= 0.3 is 0 Å². The third kappa shape index (κ3) is 4.98. The van der Waals surface area contributed by atoms with Crippen LogP contribution < -0.4 is 10.6 Å². The summed E-state index contributed by atoms with van der Waals surface area (Å²) in [5.74, 6) is 2.81. The van der Waals surface area contributed by atoms with Gasteiger partial charge in [0.1, 0.15) is 0 Å². The molecule has 0 spiro atoms. The predicted molar refractivity (Wildman–Crippen MR) is 94.5 cm³/mol. The topological polar surface area (TPSA) is 62.5 Å².